The van der Waals surface area contributed by atoms with Crippen molar-refractivity contribution in [3.05, 3.63) is 36.5 Å². The highest BCUT2D eigenvalue weighted by Gasteiger charge is 2.41. The maximum Gasteiger partial charge on any atom is 0.0876 e. The van der Waals surface area contributed by atoms with Crippen LogP contribution in [0.25, 0.3) is 0 Å². The largest absolute Gasteiger partial charge is 0.390 e. The molecule has 0 aromatic carbocycles. The maximum atomic E-state index is 9.93. The summed E-state index contributed by atoms with van der Waals surface area (Å²) in [6, 6.07) is 0. The van der Waals surface area contributed by atoms with E-state index in [-0.39, 0.29) is 23.7 Å². The van der Waals surface area contributed by atoms with E-state index in [2.05, 4.69) is 36.5 Å². The summed E-state index contributed by atoms with van der Waals surface area (Å²) in [5, 5.41) is 19.9. The topological polar surface area (TPSA) is 40.5 Å². The highest BCUT2D eigenvalue weighted by Crippen LogP contribution is 2.40. The number of allylic oxidation sites excluding steroid dienone is 4. The first-order valence-corrected chi connectivity index (χ1v) is 5.18. The molecule has 0 unspecified atom stereocenters. The van der Waals surface area contributed by atoms with E-state index in [4.69, 9.17) is 0 Å². The first kappa shape index (κ1) is 8.45. The van der Waals surface area contributed by atoms with E-state index in [1.165, 1.54) is 0 Å². The summed E-state index contributed by atoms with van der Waals surface area (Å²) in [6.07, 6.45) is 11.5. The molecule has 0 aliphatic heterocycles. The van der Waals surface area contributed by atoms with Gasteiger partial charge < -0.3 is 10.2 Å². The molecule has 0 saturated carbocycles. The van der Waals surface area contributed by atoms with Crippen LogP contribution in [0.15, 0.2) is 36.5 Å². The van der Waals surface area contributed by atoms with Gasteiger partial charge in [-0.3, -0.25) is 0 Å². The molecule has 0 radical (unpaired) electrons. The molecular weight excluding hydrogens is 176 g/mol. The van der Waals surface area contributed by atoms with Crippen molar-refractivity contribution >= 4 is 0 Å². The second-order valence-electron chi connectivity index (χ2n) is 4.45. The Morgan fingerprint density at radius 2 is 0.929 bits per heavy atom. The number of aliphatic hydroxyl groups is 2. The molecule has 4 atom stereocenters. The van der Waals surface area contributed by atoms with Gasteiger partial charge in [-0.25, -0.2) is 0 Å². The predicted molar refractivity (Wildman–Crippen MR) is 53.4 cm³/mol. The zero-order valence-corrected chi connectivity index (χ0v) is 7.82. The van der Waals surface area contributed by atoms with Crippen LogP contribution < -0.4 is 0 Å². The van der Waals surface area contributed by atoms with Crippen LogP contribution in [0.5, 0.6) is 0 Å². The van der Waals surface area contributed by atoms with Gasteiger partial charge in [0.15, 0.2) is 0 Å². The lowest BCUT2D eigenvalue weighted by atomic mass is 9.67. The molecule has 74 valence electrons. The summed E-state index contributed by atoms with van der Waals surface area (Å²) in [4.78, 5) is 0. The smallest absolute Gasteiger partial charge is 0.0876 e. The minimum absolute atomic E-state index is 0.0509. The Balaban J connectivity index is 2.10. The summed E-state index contributed by atoms with van der Waals surface area (Å²) in [5.41, 5.74) is 0. The third-order valence-electron chi connectivity index (χ3n) is 3.69. The van der Waals surface area contributed by atoms with Crippen molar-refractivity contribution in [2.24, 2.45) is 23.7 Å². The van der Waals surface area contributed by atoms with E-state index in [1.54, 1.807) is 0 Å². The van der Waals surface area contributed by atoms with Crippen molar-refractivity contribution in [3.8, 4) is 0 Å². The van der Waals surface area contributed by atoms with Gasteiger partial charge in [-0.1, -0.05) is 36.5 Å². The Morgan fingerprint density at radius 3 is 1.29 bits per heavy atom. The summed E-state index contributed by atoms with van der Waals surface area (Å²) in [5.74, 6) is 0.617. The molecule has 0 fully saturated rings. The molecule has 2 nitrogen and oxygen atoms in total. The van der Waals surface area contributed by atoms with Crippen molar-refractivity contribution in [2.45, 2.75) is 12.2 Å². The molecule has 0 aromatic rings. The second-order valence-corrected chi connectivity index (χ2v) is 4.45. The van der Waals surface area contributed by atoms with Crippen LogP contribution in [0.1, 0.15) is 0 Å². The van der Waals surface area contributed by atoms with Crippen molar-refractivity contribution < 1.29 is 10.2 Å². The van der Waals surface area contributed by atoms with E-state index in [1.807, 2.05) is 0 Å². The molecule has 0 heterocycles. The van der Waals surface area contributed by atoms with Crippen LogP contribution in [-0.4, -0.2) is 22.4 Å². The third-order valence-corrected chi connectivity index (χ3v) is 3.69. The highest BCUT2D eigenvalue weighted by molar-refractivity contribution is 5.27. The van der Waals surface area contributed by atoms with Gasteiger partial charge in [-0.2, -0.15) is 0 Å². The summed E-state index contributed by atoms with van der Waals surface area (Å²) in [7, 11) is 0. The fourth-order valence-electron chi connectivity index (χ4n) is 2.81. The van der Waals surface area contributed by atoms with Gasteiger partial charge in [0.2, 0.25) is 0 Å². The zero-order chi connectivity index (χ0) is 9.71. The van der Waals surface area contributed by atoms with Crippen LogP contribution in [-0.2, 0) is 0 Å². The fraction of sp³-hybridized carbons (Fsp3) is 0.500. The van der Waals surface area contributed by atoms with Gasteiger partial charge in [0.1, 0.15) is 0 Å². The average Bonchev–Trinajstić information content (AvgIpc) is 2.17. The molecule has 2 heteroatoms. The van der Waals surface area contributed by atoms with E-state index in [0.717, 1.165) is 0 Å². The lowest BCUT2D eigenvalue weighted by Crippen LogP contribution is -2.47. The Morgan fingerprint density at radius 1 is 0.571 bits per heavy atom. The predicted octanol–water partition coefficient (Wildman–Crippen LogP) is 0.882. The Kier molecular flexibility index (Phi) is 1.70. The molecule has 14 heavy (non-hydrogen) atoms. The lowest BCUT2D eigenvalue weighted by molar-refractivity contribution is -0.0490. The highest BCUT2D eigenvalue weighted by atomic mass is 16.3. The maximum absolute atomic E-state index is 9.93. The second kappa shape index (κ2) is 2.81. The molecule has 0 aromatic heterocycles. The first-order chi connectivity index (χ1) is 6.77. The van der Waals surface area contributed by atoms with Crippen LogP contribution in [0.4, 0.5) is 0 Å². The number of aliphatic hydroxyl groups excluding tert-OH is 2. The van der Waals surface area contributed by atoms with Crippen molar-refractivity contribution in [3.63, 3.8) is 0 Å². The number of rotatable bonds is 0. The fourth-order valence-corrected chi connectivity index (χ4v) is 2.81. The standard InChI is InChI=1S/C12H14O2/c13-11-9-5-6-10(12(11)14)8-2-1-7(9)3-4-8/h1-14H/t7?,8?,9-,10+,11-,12+. The van der Waals surface area contributed by atoms with Crippen molar-refractivity contribution in [1.29, 1.82) is 0 Å². The lowest BCUT2D eigenvalue weighted by Gasteiger charge is -2.42. The molecule has 0 spiro atoms. The molecule has 6 rings (SSSR count). The molecule has 0 amide bonds. The summed E-state index contributed by atoms with van der Waals surface area (Å²) in [6.45, 7) is 0. The van der Waals surface area contributed by atoms with Crippen molar-refractivity contribution in [1.82, 2.24) is 0 Å². The molecular formula is C12H14O2. The number of hydrogen-bond acceptors (Lipinski definition) is 2. The van der Waals surface area contributed by atoms with Gasteiger partial charge in [0.05, 0.1) is 12.2 Å². The van der Waals surface area contributed by atoms with Crippen molar-refractivity contribution in [2.75, 3.05) is 0 Å². The minimum atomic E-state index is -0.604. The van der Waals surface area contributed by atoms with Crippen LogP contribution in [0.2, 0.25) is 0 Å². The summed E-state index contributed by atoms with van der Waals surface area (Å²) < 4.78 is 0. The molecule has 6 aliphatic rings. The van der Waals surface area contributed by atoms with Crippen LogP contribution >= 0.6 is 0 Å². The molecule has 0 saturated heterocycles. The van der Waals surface area contributed by atoms with Gasteiger partial charge >= 0.3 is 0 Å². The molecule has 2 N–H and O–H groups in total. The van der Waals surface area contributed by atoms with Gasteiger partial charge in [0, 0.05) is 23.7 Å². The Labute approximate surface area is 83.3 Å². The SMILES string of the molecule is O[C@@H]1[C@H](O)[C@@H]2C=C[C@H]1C1C=CC2C=C1. The monoisotopic (exact) mass is 190 g/mol. The zero-order valence-electron chi connectivity index (χ0n) is 7.82. The van der Waals surface area contributed by atoms with E-state index in [9.17, 15) is 10.2 Å². The summed E-state index contributed by atoms with van der Waals surface area (Å²) >= 11 is 0. The van der Waals surface area contributed by atoms with Crippen LogP contribution in [0, 0.1) is 23.7 Å². The van der Waals surface area contributed by atoms with E-state index < -0.39 is 12.2 Å². The molecule has 4 bridgehead atoms. The number of hydrogen-bond donors (Lipinski definition) is 2. The van der Waals surface area contributed by atoms with Gasteiger partial charge in [-0.15, -0.1) is 0 Å². The normalized spacial score (nSPS) is 53.6. The van der Waals surface area contributed by atoms with Gasteiger partial charge in [-0.05, 0) is 0 Å². The van der Waals surface area contributed by atoms with E-state index >= 15 is 0 Å². The Bertz CT molecular complexity index is 285. The molecule has 6 aliphatic carbocycles. The first-order valence-electron chi connectivity index (χ1n) is 5.18. The Hall–Kier alpha value is -0.860. The van der Waals surface area contributed by atoms with Crippen LogP contribution in [0.3, 0.4) is 0 Å². The third kappa shape index (κ3) is 0.983. The van der Waals surface area contributed by atoms with Gasteiger partial charge in [0.25, 0.3) is 0 Å². The average molecular weight is 190 g/mol. The quantitative estimate of drug-likeness (QED) is 0.557. The minimum Gasteiger partial charge on any atom is -0.390 e. The van der Waals surface area contributed by atoms with E-state index in [0.29, 0.717) is 0 Å².